The second kappa shape index (κ2) is 8.31. The minimum atomic E-state index is -0.573. The molecule has 2 aromatic carbocycles. The van der Waals surface area contributed by atoms with Crippen LogP contribution in [0.1, 0.15) is 11.6 Å². The van der Waals surface area contributed by atoms with Crippen LogP contribution in [-0.2, 0) is 4.79 Å². The number of benzene rings is 2. The number of aliphatic hydroxyl groups excluding tert-OH is 1. The average Bonchev–Trinajstić information content (AvgIpc) is 2.71. The maximum atomic E-state index is 12.8. The van der Waals surface area contributed by atoms with Gasteiger partial charge in [-0.3, -0.25) is 0 Å². The van der Waals surface area contributed by atoms with E-state index in [9.17, 15) is 15.0 Å². The van der Waals surface area contributed by atoms with Crippen molar-refractivity contribution >= 4 is 31.0 Å². The predicted molar refractivity (Wildman–Crippen MR) is 106 cm³/mol. The van der Waals surface area contributed by atoms with Crippen molar-refractivity contribution in [3.8, 4) is 23.0 Å². The number of phenols is 1. The Labute approximate surface area is 170 Å². The molecule has 0 aromatic heterocycles. The molecule has 0 unspecified atom stereocenters. The van der Waals surface area contributed by atoms with Crippen molar-refractivity contribution in [1.82, 2.24) is 0 Å². The quantitative estimate of drug-likeness (QED) is 0.489. The van der Waals surface area contributed by atoms with E-state index in [1.54, 1.807) is 43.4 Å². The normalized spacial score (nSPS) is 18.6. The zero-order chi connectivity index (χ0) is 20.4. The van der Waals surface area contributed by atoms with Gasteiger partial charge in [-0.2, -0.15) is 0 Å². The molecule has 1 fully saturated rings. The number of carbonyl (C=O) groups excluding carboxylic acids is 1. The van der Waals surface area contributed by atoms with Crippen LogP contribution >= 0.6 is 0 Å². The Bertz CT molecular complexity index is 862. The van der Waals surface area contributed by atoms with E-state index in [1.165, 1.54) is 7.11 Å². The molecule has 0 bridgehead atoms. The number of hydrogen-bond donors (Lipinski definition) is 2. The number of rotatable bonds is 7. The topological polar surface area (TPSA) is 88.5 Å². The van der Waals surface area contributed by atoms with Crippen LogP contribution in [0.3, 0.4) is 0 Å². The van der Waals surface area contributed by atoms with Crippen molar-refractivity contribution in [3.63, 3.8) is 0 Å². The maximum absolute atomic E-state index is 12.8. The molecule has 0 aliphatic carbocycles. The Morgan fingerprint density at radius 1 is 1.07 bits per heavy atom. The SMILES string of the molecule is COc1ccc([C@H]2[C@@H](CO)C(=O)N2c2cc(OC)c(OC)c([Se]C)c2)cc1O. The van der Waals surface area contributed by atoms with Gasteiger partial charge in [-0.1, -0.05) is 0 Å². The number of aromatic hydroxyl groups is 1. The molecular formula is C20H23NO6Se. The van der Waals surface area contributed by atoms with Crippen molar-refractivity contribution in [2.75, 3.05) is 32.8 Å². The van der Waals surface area contributed by atoms with Crippen molar-refractivity contribution in [1.29, 1.82) is 0 Å². The molecule has 2 N–H and O–H groups in total. The molecule has 2 aromatic rings. The summed E-state index contributed by atoms with van der Waals surface area (Å²) in [5.41, 5.74) is 1.39. The van der Waals surface area contributed by atoms with E-state index in [-0.39, 0.29) is 33.2 Å². The molecule has 8 heteroatoms. The first-order chi connectivity index (χ1) is 13.5. The monoisotopic (exact) mass is 453 g/mol. The number of methoxy groups -OCH3 is 3. The van der Waals surface area contributed by atoms with Gasteiger partial charge in [0, 0.05) is 0 Å². The van der Waals surface area contributed by atoms with Crippen LogP contribution in [-0.4, -0.2) is 59.0 Å². The number of anilines is 1. The van der Waals surface area contributed by atoms with Crippen LogP contribution in [0.5, 0.6) is 23.0 Å². The molecule has 1 heterocycles. The molecule has 0 spiro atoms. The van der Waals surface area contributed by atoms with Crippen LogP contribution < -0.4 is 23.6 Å². The van der Waals surface area contributed by atoms with Gasteiger partial charge < -0.3 is 0 Å². The Morgan fingerprint density at radius 2 is 1.79 bits per heavy atom. The Hall–Kier alpha value is -2.41. The number of nitrogens with zero attached hydrogens (tertiary/aromatic N) is 1. The summed E-state index contributed by atoms with van der Waals surface area (Å²) in [4.78, 5) is 14.4. The third-order valence-electron chi connectivity index (χ3n) is 4.88. The molecule has 2 atom stereocenters. The summed E-state index contributed by atoms with van der Waals surface area (Å²) in [6.45, 7) is -0.273. The second-order valence-electron chi connectivity index (χ2n) is 6.26. The number of carbonyl (C=O) groups is 1. The fourth-order valence-electron chi connectivity index (χ4n) is 3.49. The van der Waals surface area contributed by atoms with E-state index < -0.39 is 12.0 Å². The van der Waals surface area contributed by atoms with Crippen LogP contribution in [0.4, 0.5) is 5.69 Å². The fourth-order valence-corrected chi connectivity index (χ4v) is 4.77. The van der Waals surface area contributed by atoms with Crippen molar-refractivity contribution in [3.05, 3.63) is 35.9 Å². The van der Waals surface area contributed by atoms with E-state index in [4.69, 9.17) is 14.2 Å². The minimum absolute atomic E-state index is 0.0131. The van der Waals surface area contributed by atoms with Gasteiger partial charge in [0.05, 0.1) is 0 Å². The van der Waals surface area contributed by atoms with Gasteiger partial charge in [-0.15, -0.1) is 0 Å². The van der Waals surface area contributed by atoms with E-state index >= 15 is 0 Å². The summed E-state index contributed by atoms with van der Waals surface area (Å²) >= 11 is 0.118. The third kappa shape index (κ3) is 3.28. The summed E-state index contributed by atoms with van der Waals surface area (Å²) in [5.74, 6) is 2.86. The first kappa shape index (κ1) is 20.3. The number of β-lactam (4-membered cyclic amide) rings is 1. The second-order valence-corrected chi connectivity index (χ2v) is 8.04. The van der Waals surface area contributed by atoms with E-state index in [0.717, 1.165) is 10.0 Å². The van der Waals surface area contributed by atoms with Crippen LogP contribution in [0.25, 0.3) is 0 Å². The predicted octanol–water partition coefficient (Wildman–Crippen LogP) is 1.49. The number of aliphatic hydroxyl groups is 1. The van der Waals surface area contributed by atoms with Gasteiger partial charge in [0.2, 0.25) is 0 Å². The average molecular weight is 452 g/mol. The van der Waals surface area contributed by atoms with Crippen molar-refractivity contribution in [2.24, 2.45) is 5.92 Å². The van der Waals surface area contributed by atoms with Gasteiger partial charge in [0.15, 0.2) is 0 Å². The summed E-state index contributed by atoms with van der Waals surface area (Å²) in [6.07, 6.45) is 0. The molecule has 1 amide bonds. The molecule has 1 aliphatic rings. The molecule has 1 aliphatic heterocycles. The molecule has 150 valence electrons. The van der Waals surface area contributed by atoms with E-state index in [1.807, 2.05) is 6.07 Å². The molecule has 1 saturated heterocycles. The standard InChI is InChI=1S/C20H23NO6Se/c1-25-15-6-5-11(7-14(15)23)18-13(10-22)20(24)21(18)12-8-16(26-2)19(27-3)17(9-12)28-4/h5-9,13,18,22-23H,10H2,1-4H3/t13-,18+/m1/s1. The first-order valence-corrected chi connectivity index (χ1v) is 11.2. The van der Waals surface area contributed by atoms with Gasteiger partial charge in [-0.25, -0.2) is 0 Å². The number of amides is 1. The van der Waals surface area contributed by atoms with Gasteiger partial charge in [-0.05, 0) is 0 Å². The molecular weight excluding hydrogens is 429 g/mol. The number of hydrogen-bond acceptors (Lipinski definition) is 6. The molecule has 28 heavy (non-hydrogen) atoms. The molecule has 0 saturated carbocycles. The summed E-state index contributed by atoms with van der Waals surface area (Å²) < 4.78 is 17.0. The first-order valence-electron chi connectivity index (χ1n) is 8.61. The Balaban J connectivity index is 2.07. The summed E-state index contributed by atoms with van der Waals surface area (Å²) in [6, 6.07) is 8.28. The van der Waals surface area contributed by atoms with Crippen LogP contribution in [0.15, 0.2) is 30.3 Å². The summed E-state index contributed by atoms with van der Waals surface area (Å²) in [5, 5.41) is 19.9. The number of ether oxygens (including phenoxy) is 3. The van der Waals surface area contributed by atoms with Crippen LogP contribution in [0.2, 0.25) is 5.82 Å². The van der Waals surface area contributed by atoms with Crippen LogP contribution in [0, 0.1) is 5.92 Å². The summed E-state index contributed by atoms with van der Waals surface area (Å²) in [7, 11) is 4.62. The zero-order valence-electron chi connectivity index (χ0n) is 16.1. The molecule has 3 rings (SSSR count). The Morgan fingerprint density at radius 3 is 2.32 bits per heavy atom. The van der Waals surface area contributed by atoms with E-state index in [2.05, 4.69) is 5.82 Å². The van der Waals surface area contributed by atoms with Gasteiger partial charge in [0.1, 0.15) is 0 Å². The third-order valence-corrected chi connectivity index (χ3v) is 6.44. The zero-order valence-corrected chi connectivity index (χ0v) is 17.8. The Kier molecular flexibility index (Phi) is 6.03. The molecule has 7 nitrogen and oxygen atoms in total. The van der Waals surface area contributed by atoms with Gasteiger partial charge >= 0.3 is 170 Å². The van der Waals surface area contributed by atoms with E-state index in [0.29, 0.717) is 22.9 Å². The molecule has 0 radical (unpaired) electrons. The number of phenolic OH excluding ortho intramolecular Hbond substituents is 1. The van der Waals surface area contributed by atoms with Gasteiger partial charge in [0.25, 0.3) is 0 Å². The van der Waals surface area contributed by atoms with Crippen molar-refractivity contribution < 1.29 is 29.2 Å². The fraction of sp³-hybridized carbons (Fsp3) is 0.350. The van der Waals surface area contributed by atoms with Crippen molar-refractivity contribution in [2.45, 2.75) is 11.9 Å².